The maximum atomic E-state index is 15.0. The number of halogens is 6. The van der Waals surface area contributed by atoms with Crippen LogP contribution < -0.4 is 0 Å². The predicted octanol–water partition coefficient (Wildman–Crippen LogP) is 8.42. The van der Waals surface area contributed by atoms with E-state index in [1.54, 1.807) is 24.3 Å². The molecule has 0 aliphatic carbocycles. The highest BCUT2D eigenvalue weighted by Crippen LogP contribution is 2.34. The Morgan fingerprint density at radius 1 is 0.676 bits per heavy atom. The second-order valence-corrected chi connectivity index (χ2v) is 8.48. The van der Waals surface area contributed by atoms with E-state index >= 15 is 4.39 Å². The molecular formula is C31H20F6. The third kappa shape index (κ3) is 6.16. The van der Waals surface area contributed by atoms with Gasteiger partial charge in [-0.3, -0.25) is 0 Å². The smallest absolute Gasteiger partial charge is 0.206 e. The summed E-state index contributed by atoms with van der Waals surface area (Å²) in [6.07, 6.45) is -1.87. The Labute approximate surface area is 211 Å². The van der Waals surface area contributed by atoms with Gasteiger partial charge in [0.25, 0.3) is 0 Å². The van der Waals surface area contributed by atoms with Crippen LogP contribution in [0.25, 0.3) is 10.8 Å². The van der Waals surface area contributed by atoms with Crippen molar-refractivity contribution >= 4 is 10.8 Å². The molecule has 0 saturated heterocycles. The second-order valence-electron chi connectivity index (χ2n) is 8.48. The molecular weight excluding hydrogens is 486 g/mol. The quantitative estimate of drug-likeness (QED) is 0.193. The molecule has 0 saturated carbocycles. The van der Waals surface area contributed by atoms with Crippen LogP contribution in [0, 0.1) is 41.1 Å². The highest BCUT2D eigenvalue weighted by atomic mass is 19.4. The maximum Gasteiger partial charge on any atom is 0.422 e. The molecule has 0 unspecified atom stereocenters. The molecule has 0 N–H and O–H groups in total. The standard InChI is InChI=1S/C31H20F6/c1-2-3-4-20-5-7-21(8-6-20)9-10-22-12-16-26-25(17-22)15-14-24(30(26)34)13-11-23-18-27(32)29(28(33)19-23)31(35,36)37/h5-8,12,14-19H,2-4H2,1H3. The lowest BCUT2D eigenvalue weighted by Gasteiger charge is -2.09. The fourth-order valence-electron chi connectivity index (χ4n) is 3.80. The van der Waals surface area contributed by atoms with E-state index in [0.717, 1.165) is 24.8 Å². The molecule has 0 bridgehead atoms. The van der Waals surface area contributed by atoms with Gasteiger partial charge in [-0.15, -0.1) is 0 Å². The number of fused-ring (bicyclic) bond motifs is 1. The summed E-state index contributed by atoms with van der Waals surface area (Å²) in [4.78, 5) is 0. The SMILES string of the molecule is CCCCc1ccc(C#Cc2ccc3c(F)c(C#Cc4cc(F)c(C(F)(F)F)c(F)c4)ccc3c2)cc1. The van der Waals surface area contributed by atoms with Crippen molar-refractivity contribution in [3.05, 3.63) is 118 Å². The van der Waals surface area contributed by atoms with Crippen molar-refractivity contribution in [1.82, 2.24) is 0 Å². The Morgan fingerprint density at radius 2 is 1.30 bits per heavy atom. The first kappa shape index (κ1) is 25.9. The summed E-state index contributed by atoms with van der Waals surface area (Å²) in [5.41, 5.74) is 0.436. The predicted molar refractivity (Wildman–Crippen MR) is 132 cm³/mol. The number of alkyl halides is 3. The van der Waals surface area contributed by atoms with Crippen LogP contribution in [0.1, 0.15) is 53.1 Å². The third-order valence-electron chi connectivity index (χ3n) is 5.75. The van der Waals surface area contributed by atoms with Crippen LogP contribution in [0.15, 0.2) is 66.7 Å². The van der Waals surface area contributed by atoms with E-state index in [4.69, 9.17) is 0 Å². The van der Waals surface area contributed by atoms with E-state index in [0.29, 0.717) is 23.1 Å². The zero-order valence-electron chi connectivity index (χ0n) is 19.7. The molecule has 0 amide bonds. The summed E-state index contributed by atoms with van der Waals surface area (Å²) in [5.74, 6) is 6.73. The van der Waals surface area contributed by atoms with Crippen LogP contribution in [0.5, 0.6) is 0 Å². The van der Waals surface area contributed by atoms with Gasteiger partial charge in [0.05, 0.1) is 5.56 Å². The van der Waals surface area contributed by atoms with Crippen molar-refractivity contribution in [2.45, 2.75) is 32.4 Å². The van der Waals surface area contributed by atoms with Crippen molar-refractivity contribution in [3.63, 3.8) is 0 Å². The molecule has 0 heterocycles. The van der Waals surface area contributed by atoms with Crippen molar-refractivity contribution in [2.75, 3.05) is 0 Å². The first-order valence-corrected chi connectivity index (χ1v) is 11.6. The molecule has 4 aromatic carbocycles. The zero-order chi connectivity index (χ0) is 26.6. The normalized spacial score (nSPS) is 11.0. The molecule has 0 aliphatic heterocycles. The first-order chi connectivity index (χ1) is 17.7. The van der Waals surface area contributed by atoms with Gasteiger partial charge < -0.3 is 0 Å². The highest BCUT2D eigenvalue weighted by molar-refractivity contribution is 5.86. The summed E-state index contributed by atoms with van der Waals surface area (Å²) >= 11 is 0. The van der Waals surface area contributed by atoms with Gasteiger partial charge in [0.15, 0.2) is 0 Å². The minimum atomic E-state index is -5.17. The molecule has 0 radical (unpaired) electrons. The number of unbranched alkanes of at least 4 members (excludes halogenated alkanes) is 1. The van der Waals surface area contributed by atoms with Gasteiger partial charge in [0.1, 0.15) is 23.0 Å². The van der Waals surface area contributed by atoms with Crippen LogP contribution in [-0.4, -0.2) is 0 Å². The molecule has 0 spiro atoms. The Morgan fingerprint density at radius 3 is 1.95 bits per heavy atom. The van der Waals surface area contributed by atoms with E-state index in [-0.39, 0.29) is 16.5 Å². The maximum absolute atomic E-state index is 15.0. The Kier molecular flexibility index (Phi) is 7.60. The van der Waals surface area contributed by atoms with Crippen molar-refractivity contribution < 1.29 is 26.3 Å². The summed E-state index contributed by atoms with van der Waals surface area (Å²) in [6.45, 7) is 2.15. The Bertz CT molecular complexity index is 1550. The van der Waals surface area contributed by atoms with Crippen molar-refractivity contribution in [2.24, 2.45) is 0 Å². The van der Waals surface area contributed by atoms with Gasteiger partial charge in [0.2, 0.25) is 0 Å². The van der Waals surface area contributed by atoms with Gasteiger partial charge in [-0.05, 0) is 66.3 Å². The highest BCUT2D eigenvalue weighted by Gasteiger charge is 2.37. The summed E-state index contributed by atoms with van der Waals surface area (Å²) < 4.78 is 80.8. The van der Waals surface area contributed by atoms with Crippen LogP contribution in [0.3, 0.4) is 0 Å². The average Bonchev–Trinajstić information content (AvgIpc) is 2.85. The Hall–Kier alpha value is -4.16. The van der Waals surface area contributed by atoms with Gasteiger partial charge in [-0.1, -0.05) is 61.3 Å². The summed E-state index contributed by atoms with van der Waals surface area (Å²) in [6, 6.07) is 17.0. The number of aryl methyl sites for hydroxylation is 1. The minimum Gasteiger partial charge on any atom is -0.206 e. The molecule has 4 rings (SSSR count). The lowest BCUT2D eigenvalue weighted by atomic mass is 10.0. The largest absolute Gasteiger partial charge is 0.422 e. The average molecular weight is 506 g/mol. The second kappa shape index (κ2) is 10.8. The number of rotatable bonds is 3. The van der Waals surface area contributed by atoms with E-state index in [9.17, 15) is 22.0 Å². The number of hydrogen-bond donors (Lipinski definition) is 0. The molecule has 0 fully saturated rings. The van der Waals surface area contributed by atoms with Crippen LogP contribution in [0.4, 0.5) is 26.3 Å². The third-order valence-corrected chi connectivity index (χ3v) is 5.75. The first-order valence-electron chi connectivity index (χ1n) is 11.6. The van der Waals surface area contributed by atoms with E-state index in [1.807, 2.05) is 12.1 Å². The fourth-order valence-corrected chi connectivity index (χ4v) is 3.80. The van der Waals surface area contributed by atoms with E-state index < -0.39 is 29.2 Å². The van der Waals surface area contributed by atoms with Gasteiger partial charge in [-0.2, -0.15) is 13.2 Å². The molecule has 37 heavy (non-hydrogen) atoms. The van der Waals surface area contributed by atoms with Crippen LogP contribution in [0.2, 0.25) is 0 Å². The molecule has 0 aromatic heterocycles. The topological polar surface area (TPSA) is 0 Å². The lowest BCUT2D eigenvalue weighted by Crippen LogP contribution is -2.11. The fraction of sp³-hybridized carbons (Fsp3) is 0.161. The molecule has 0 atom stereocenters. The van der Waals surface area contributed by atoms with E-state index in [1.165, 1.54) is 11.6 Å². The van der Waals surface area contributed by atoms with Crippen molar-refractivity contribution in [3.8, 4) is 23.7 Å². The zero-order valence-corrected chi connectivity index (χ0v) is 19.7. The monoisotopic (exact) mass is 506 g/mol. The molecule has 0 nitrogen and oxygen atoms in total. The van der Waals surface area contributed by atoms with Crippen molar-refractivity contribution in [1.29, 1.82) is 0 Å². The number of benzene rings is 4. The Balaban J connectivity index is 1.57. The van der Waals surface area contributed by atoms with Crippen LogP contribution in [-0.2, 0) is 12.6 Å². The van der Waals surface area contributed by atoms with Gasteiger partial charge in [-0.25, -0.2) is 13.2 Å². The van der Waals surface area contributed by atoms with Crippen LogP contribution >= 0.6 is 0 Å². The van der Waals surface area contributed by atoms with Gasteiger partial charge >= 0.3 is 6.18 Å². The van der Waals surface area contributed by atoms with Gasteiger partial charge in [0, 0.05) is 22.1 Å². The molecule has 6 heteroatoms. The molecule has 186 valence electrons. The van der Waals surface area contributed by atoms with E-state index in [2.05, 4.69) is 42.7 Å². The summed E-state index contributed by atoms with van der Waals surface area (Å²) in [5, 5.41) is 0.846. The molecule has 4 aromatic rings. The number of hydrogen-bond acceptors (Lipinski definition) is 0. The summed E-state index contributed by atoms with van der Waals surface area (Å²) in [7, 11) is 0. The molecule has 0 aliphatic rings. The minimum absolute atomic E-state index is 0.0600. The lowest BCUT2D eigenvalue weighted by molar-refractivity contribution is -0.142.